The van der Waals surface area contributed by atoms with Crippen molar-refractivity contribution in [1.29, 1.82) is 0 Å². The molecule has 35 heavy (non-hydrogen) atoms. The largest absolute Gasteiger partial charge is 0.494 e. The van der Waals surface area contributed by atoms with Crippen LogP contribution in [0, 0.1) is 5.92 Å². The Morgan fingerprint density at radius 1 is 1.17 bits per heavy atom. The summed E-state index contributed by atoms with van der Waals surface area (Å²) in [6.45, 7) is 5.68. The number of hydrogen-bond acceptors (Lipinski definition) is 4. The first-order chi connectivity index (χ1) is 16.9. The molecule has 2 N–H and O–H groups in total. The second kappa shape index (κ2) is 11.1. The molecule has 0 saturated carbocycles. The third kappa shape index (κ3) is 5.62. The van der Waals surface area contributed by atoms with Crippen LogP contribution in [0.1, 0.15) is 32.3 Å². The van der Waals surface area contributed by atoms with Crippen LogP contribution in [0.25, 0.3) is 10.9 Å². The van der Waals surface area contributed by atoms with Crippen LogP contribution in [0.3, 0.4) is 0 Å². The highest BCUT2D eigenvalue weighted by atomic mass is 32.2. The number of carbonyl (C=O) groups excluding carboxylic acids is 1. The van der Waals surface area contributed by atoms with Gasteiger partial charge in [0.15, 0.2) is 0 Å². The highest BCUT2D eigenvalue weighted by Crippen LogP contribution is 2.27. The van der Waals surface area contributed by atoms with Crippen molar-refractivity contribution in [3.63, 3.8) is 0 Å². The summed E-state index contributed by atoms with van der Waals surface area (Å²) in [6.07, 6.45) is 4.03. The zero-order chi connectivity index (χ0) is 24.8. The number of amides is 1. The lowest BCUT2D eigenvalue weighted by Crippen LogP contribution is -2.50. The molecule has 8 nitrogen and oxygen atoms in total. The number of anilines is 1. The molecule has 0 bridgehead atoms. The first-order valence-corrected chi connectivity index (χ1v) is 13.7. The molecule has 1 aliphatic heterocycles. The lowest BCUT2D eigenvalue weighted by atomic mass is 9.99. The topological polar surface area (TPSA) is 94.7 Å². The van der Waals surface area contributed by atoms with Gasteiger partial charge in [0.05, 0.1) is 18.2 Å². The molecule has 1 fully saturated rings. The van der Waals surface area contributed by atoms with Crippen molar-refractivity contribution in [2.45, 2.75) is 33.1 Å². The van der Waals surface area contributed by atoms with Crippen molar-refractivity contribution in [3.8, 4) is 5.75 Å². The third-order valence-electron chi connectivity index (χ3n) is 6.45. The van der Waals surface area contributed by atoms with Gasteiger partial charge in [0.2, 0.25) is 5.91 Å². The fraction of sp³-hybridized carbons (Fsp3) is 0.423. The van der Waals surface area contributed by atoms with Gasteiger partial charge in [-0.1, -0.05) is 18.2 Å². The standard InChI is InChI=1S/C26H34N4O4S/c1-3-30(22-11-13-23(14-12-22)34-4-2)35(32,33)29-17-7-8-21(19-29)26(31)27-16-15-20-18-28-25-10-6-5-9-24(20)25/h5-6,9-14,18,21,28H,3-4,7-8,15-17,19H2,1-2H3,(H,27,31)/t21-/m1/s1. The van der Waals surface area contributed by atoms with Crippen LogP contribution in [0.2, 0.25) is 0 Å². The van der Waals surface area contributed by atoms with Gasteiger partial charge >= 0.3 is 10.2 Å². The van der Waals surface area contributed by atoms with Gasteiger partial charge in [-0.2, -0.15) is 12.7 Å². The number of benzene rings is 2. The Balaban J connectivity index is 1.37. The number of aromatic nitrogens is 1. The van der Waals surface area contributed by atoms with Crippen molar-refractivity contribution >= 4 is 32.7 Å². The normalized spacial score (nSPS) is 16.8. The molecule has 0 radical (unpaired) electrons. The van der Waals surface area contributed by atoms with Crippen molar-refractivity contribution in [2.75, 3.05) is 37.1 Å². The van der Waals surface area contributed by atoms with E-state index in [0.29, 0.717) is 56.9 Å². The molecule has 1 saturated heterocycles. The molecule has 4 rings (SSSR count). The van der Waals surface area contributed by atoms with E-state index in [4.69, 9.17) is 4.74 Å². The number of nitrogens with zero attached hydrogens (tertiary/aromatic N) is 2. The third-order valence-corrected chi connectivity index (χ3v) is 8.46. The summed E-state index contributed by atoms with van der Waals surface area (Å²) in [5.74, 6) is 0.251. The second-order valence-electron chi connectivity index (χ2n) is 8.70. The summed E-state index contributed by atoms with van der Waals surface area (Å²) in [4.78, 5) is 16.2. The summed E-state index contributed by atoms with van der Waals surface area (Å²) >= 11 is 0. The SMILES string of the molecule is CCOc1ccc(N(CC)S(=O)(=O)N2CCC[C@@H](C(=O)NCCc3c[nH]c4ccccc34)C2)cc1. The van der Waals surface area contributed by atoms with E-state index in [1.165, 1.54) is 8.61 Å². The van der Waals surface area contributed by atoms with Gasteiger partial charge in [-0.05, 0) is 69.0 Å². The van der Waals surface area contributed by atoms with E-state index in [0.717, 1.165) is 16.5 Å². The van der Waals surface area contributed by atoms with Crippen molar-refractivity contribution in [3.05, 3.63) is 60.3 Å². The number of ether oxygens (including phenoxy) is 1. The van der Waals surface area contributed by atoms with Gasteiger partial charge in [0.1, 0.15) is 5.75 Å². The van der Waals surface area contributed by atoms with Gasteiger partial charge in [-0.15, -0.1) is 0 Å². The Hall–Kier alpha value is -3.04. The Morgan fingerprint density at radius 2 is 1.94 bits per heavy atom. The Morgan fingerprint density at radius 3 is 2.69 bits per heavy atom. The van der Waals surface area contributed by atoms with Crippen LogP contribution in [0.4, 0.5) is 5.69 Å². The minimum Gasteiger partial charge on any atom is -0.494 e. The molecule has 1 amide bonds. The van der Waals surface area contributed by atoms with Crippen LogP contribution >= 0.6 is 0 Å². The number of fused-ring (bicyclic) bond motifs is 1. The molecule has 0 spiro atoms. The summed E-state index contributed by atoms with van der Waals surface area (Å²) in [5.41, 5.74) is 2.82. The Labute approximate surface area is 207 Å². The van der Waals surface area contributed by atoms with Gasteiger partial charge in [-0.25, -0.2) is 0 Å². The van der Waals surface area contributed by atoms with Crippen LogP contribution in [0.15, 0.2) is 54.7 Å². The molecular formula is C26H34N4O4S. The Kier molecular flexibility index (Phi) is 7.97. The second-order valence-corrected chi connectivity index (χ2v) is 10.5. The molecule has 188 valence electrons. The van der Waals surface area contributed by atoms with Crippen LogP contribution in [-0.4, -0.2) is 56.4 Å². The van der Waals surface area contributed by atoms with Crippen molar-refractivity contribution in [2.24, 2.45) is 5.92 Å². The van der Waals surface area contributed by atoms with Gasteiger partial charge < -0.3 is 15.0 Å². The molecule has 1 aliphatic rings. The highest BCUT2D eigenvalue weighted by molar-refractivity contribution is 7.90. The number of aromatic amines is 1. The summed E-state index contributed by atoms with van der Waals surface area (Å²) in [7, 11) is -3.76. The lowest BCUT2D eigenvalue weighted by molar-refractivity contribution is -0.126. The van der Waals surface area contributed by atoms with Crippen LogP contribution < -0.4 is 14.4 Å². The summed E-state index contributed by atoms with van der Waals surface area (Å²) in [6, 6.07) is 15.1. The molecule has 2 heterocycles. The van der Waals surface area contributed by atoms with Crippen LogP contribution in [0.5, 0.6) is 5.75 Å². The molecule has 1 atom stereocenters. The highest BCUT2D eigenvalue weighted by Gasteiger charge is 2.35. The molecule has 2 aromatic carbocycles. The number of para-hydroxylation sites is 1. The molecule has 0 unspecified atom stereocenters. The minimum absolute atomic E-state index is 0.0890. The fourth-order valence-electron chi connectivity index (χ4n) is 4.66. The maximum atomic E-state index is 13.5. The zero-order valence-electron chi connectivity index (χ0n) is 20.4. The summed E-state index contributed by atoms with van der Waals surface area (Å²) in [5, 5.41) is 4.18. The van der Waals surface area contributed by atoms with E-state index in [9.17, 15) is 13.2 Å². The number of H-pyrrole nitrogens is 1. The van der Waals surface area contributed by atoms with Crippen molar-refractivity contribution < 1.29 is 17.9 Å². The first kappa shape index (κ1) is 25.1. The molecule has 0 aliphatic carbocycles. The van der Waals surface area contributed by atoms with E-state index in [1.807, 2.05) is 38.2 Å². The average Bonchev–Trinajstić information content (AvgIpc) is 3.29. The van der Waals surface area contributed by atoms with E-state index >= 15 is 0 Å². The maximum absolute atomic E-state index is 13.5. The lowest BCUT2D eigenvalue weighted by Gasteiger charge is -2.35. The van der Waals surface area contributed by atoms with Crippen LogP contribution in [-0.2, 0) is 21.4 Å². The predicted molar refractivity (Wildman–Crippen MR) is 139 cm³/mol. The molecule has 1 aromatic heterocycles. The minimum atomic E-state index is -3.76. The predicted octanol–water partition coefficient (Wildman–Crippen LogP) is 3.71. The number of piperidine rings is 1. The van der Waals surface area contributed by atoms with E-state index in [2.05, 4.69) is 16.4 Å². The quantitative estimate of drug-likeness (QED) is 0.446. The fourth-order valence-corrected chi connectivity index (χ4v) is 6.38. The maximum Gasteiger partial charge on any atom is 0.304 e. The van der Waals surface area contributed by atoms with E-state index in [-0.39, 0.29) is 18.4 Å². The molecule has 3 aromatic rings. The molecular weight excluding hydrogens is 464 g/mol. The zero-order valence-corrected chi connectivity index (χ0v) is 21.2. The van der Waals surface area contributed by atoms with Gasteiger partial charge in [0.25, 0.3) is 0 Å². The first-order valence-electron chi connectivity index (χ1n) is 12.3. The van der Waals surface area contributed by atoms with E-state index < -0.39 is 10.2 Å². The van der Waals surface area contributed by atoms with Gasteiger partial charge in [0, 0.05) is 43.3 Å². The smallest absolute Gasteiger partial charge is 0.304 e. The monoisotopic (exact) mass is 498 g/mol. The number of hydrogen-bond donors (Lipinski definition) is 2. The van der Waals surface area contributed by atoms with Gasteiger partial charge in [-0.3, -0.25) is 9.10 Å². The molecule has 9 heteroatoms. The number of nitrogens with one attached hydrogen (secondary N) is 2. The number of rotatable bonds is 10. The van der Waals surface area contributed by atoms with E-state index in [1.54, 1.807) is 24.3 Å². The number of carbonyl (C=O) groups is 1. The Bertz CT molecular complexity index is 1240. The summed E-state index contributed by atoms with van der Waals surface area (Å²) < 4.78 is 35.3. The van der Waals surface area contributed by atoms with Crippen molar-refractivity contribution in [1.82, 2.24) is 14.6 Å². The average molecular weight is 499 g/mol.